The van der Waals surface area contributed by atoms with Gasteiger partial charge < -0.3 is 5.32 Å². The normalized spacial score (nSPS) is 29.2. The van der Waals surface area contributed by atoms with Crippen LogP contribution in [-0.4, -0.2) is 38.7 Å². The third-order valence-corrected chi connectivity index (χ3v) is 6.21. The van der Waals surface area contributed by atoms with E-state index in [9.17, 15) is 4.21 Å². The van der Waals surface area contributed by atoms with Gasteiger partial charge in [0.15, 0.2) is 5.17 Å². The van der Waals surface area contributed by atoms with Crippen molar-refractivity contribution in [1.29, 1.82) is 0 Å². The van der Waals surface area contributed by atoms with Crippen molar-refractivity contribution in [2.24, 2.45) is 4.99 Å². The van der Waals surface area contributed by atoms with E-state index in [1.165, 1.54) is 32.1 Å². The molecule has 1 heterocycles. The average Bonchev–Trinajstić information content (AvgIpc) is 2.70. The van der Waals surface area contributed by atoms with Crippen LogP contribution in [0.3, 0.4) is 0 Å². The fourth-order valence-corrected chi connectivity index (χ4v) is 3.92. The first-order chi connectivity index (χ1) is 8.11. The van der Waals surface area contributed by atoms with E-state index in [1.54, 1.807) is 6.26 Å². The average molecular weight is 274 g/mol. The Balaban J connectivity index is 1.88. The largest absolute Gasteiger partial charge is 0.359 e. The molecule has 2 atom stereocenters. The lowest BCUT2D eigenvalue weighted by Gasteiger charge is -2.32. The fraction of sp³-hybridized carbons (Fsp3) is 0.917. The first-order valence-corrected chi connectivity index (χ1v) is 9.00. The van der Waals surface area contributed by atoms with E-state index in [4.69, 9.17) is 0 Å². The first-order valence-electron chi connectivity index (χ1n) is 6.39. The quantitative estimate of drug-likeness (QED) is 0.857. The number of hydrogen-bond donors (Lipinski definition) is 1. The van der Waals surface area contributed by atoms with Gasteiger partial charge >= 0.3 is 0 Å². The van der Waals surface area contributed by atoms with Gasteiger partial charge in [-0.1, -0.05) is 31.0 Å². The van der Waals surface area contributed by atoms with Gasteiger partial charge in [-0.3, -0.25) is 9.20 Å². The second kappa shape index (κ2) is 5.74. The van der Waals surface area contributed by atoms with Crippen molar-refractivity contribution < 1.29 is 4.21 Å². The van der Waals surface area contributed by atoms with E-state index in [0.717, 1.165) is 10.9 Å². The Kier molecular flexibility index (Phi) is 4.53. The Morgan fingerprint density at radius 3 is 2.82 bits per heavy atom. The molecule has 98 valence electrons. The van der Waals surface area contributed by atoms with Gasteiger partial charge in [-0.05, 0) is 19.8 Å². The van der Waals surface area contributed by atoms with Gasteiger partial charge in [0, 0.05) is 28.3 Å². The molecule has 17 heavy (non-hydrogen) atoms. The Bertz CT molecular complexity index is 324. The maximum atomic E-state index is 11.3. The third-order valence-electron chi connectivity index (χ3n) is 3.73. The summed E-state index contributed by atoms with van der Waals surface area (Å²) in [6, 6.07) is 0. The number of amidine groups is 1. The molecule has 2 rings (SSSR count). The molecule has 2 aliphatic rings. The molecule has 0 aromatic heterocycles. The zero-order valence-corrected chi connectivity index (χ0v) is 12.3. The van der Waals surface area contributed by atoms with Crippen molar-refractivity contribution in [3.8, 4) is 0 Å². The first kappa shape index (κ1) is 13.4. The highest BCUT2D eigenvalue weighted by molar-refractivity contribution is 8.14. The summed E-state index contributed by atoms with van der Waals surface area (Å²) >= 11 is 1.84. The highest BCUT2D eigenvalue weighted by Crippen LogP contribution is 2.36. The minimum atomic E-state index is -0.768. The summed E-state index contributed by atoms with van der Waals surface area (Å²) < 4.78 is 11.3. The van der Waals surface area contributed by atoms with Gasteiger partial charge in [0.25, 0.3) is 0 Å². The number of aliphatic imine (C=N–C) groups is 1. The zero-order valence-electron chi connectivity index (χ0n) is 10.7. The molecule has 1 aliphatic heterocycles. The number of hydrogen-bond acceptors (Lipinski definition) is 3. The predicted molar refractivity (Wildman–Crippen MR) is 77.2 cm³/mol. The van der Waals surface area contributed by atoms with Crippen LogP contribution in [0.25, 0.3) is 0 Å². The molecule has 0 aromatic carbocycles. The van der Waals surface area contributed by atoms with Crippen LogP contribution in [-0.2, 0) is 10.8 Å². The van der Waals surface area contributed by atoms with Gasteiger partial charge in [0.05, 0.1) is 11.8 Å². The van der Waals surface area contributed by atoms with Crippen LogP contribution in [0.5, 0.6) is 0 Å². The van der Waals surface area contributed by atoms with Crippen molar-refractivity contribution in [1.82, 2.24) is 5.32 Å². The zero-order chi connectivity index (χ0) is 12.3. The molecule has 1 saturated carbocycles. The van der Waals surface area contributed by atoms with Crippen LogP contribution < -0.4 is 5.32 Å². The monoisotopic (exact) mass is 274 g/mol. The lowest BCUT2D eigenvalue weighted by atomic mass is 9.83. The summed E-state index contributed by atoms with van der Waals surface area (Å²) in [6.45, 7) is 2.67. The Labute approximate surface area is 111 Å². The molecule has 1 aliphatic carbocycles. The van der Waals surface area contributed by atoms with Crippen LogP contribution in [0.2, 0.25) is 0 Å². The molecular weight excluding hydrogens is 252 g/mol. The molecule has 1 saturated heterocycles. The van der Waals surface area contributed by atoms with Gasteiger partial charge in [-0.15, -0.1) is 0 Å². The summed E-state index contributed by atoms with van der Waals surface area (Å²) in [6.07, 6.45) is 8.39. The number of nitrogens with one attached hydrogen (secondary N) is 1. The highest BCUT2D eigenvalue weighted by Gasteiger charge is 2.37. The van der Waals surface area contributed by atoms with E-state index in [2.05, 4.69) is 10.3 Å². The maximum absolute atomic E-state index is 11.3. The molecule has 1 N–H and O–H groups in total. The molecule has 0 bridgehead atoms. The van der Waals surface area contributed by atoms with Crippen LogP contribution in [0.15, 0.2) is 4.99 Å². The van der Waals surface area contributed by atoms with E-state index in [-0.39, 0.29) is 5.25 Å². The second-order valence-corrected chi connectivity index (χ2v) is 7.98. The number of nitrogens with zero attached hydrogens (tertiary/aromatic N) is 1. The van der Waals surface area contributed by atoms with Crippen LogP contribution in [0.4, 0.5) is 0 Å². The summed E-state index contributed by atoms with van der Waals surface area (Å²) in [5, 5.41) is 4.85. The van der Waals surface area contributed by atoms with Crippen molar-refractivity contribution in [3.63, 3.8) is 0 Å². The Morgan fingerprint density at radius 1 is 1.47 bits per heavy atom. The van der Waals surface area contributed by atoms with Gasteiger partial charge in [-0.25, -0.2) is 0 Å². The highest BCUT2D eigenvalue weighted by atomic mass is 32.2. The van der Waals surface area contributed by atoms with Gasteiger partial charge in [0.2, 0.25) is 0 Å². The Hall–Kier alpha value is -0.0300. The van der Waals surface area contributed by atoms with Crippen LogP contribution >= 0.6 is 11.8 Å². The minimum Gasteiger partial charge on any atom is -0.359 e. The molecule has 0 aromatic rings. The van der Waals surface area contributed by atoms with E-state index < -0.39 is 10.8 Å². The van der Waals surface area contributed by atoms with Crippen LogP contribution in [0.1, 0.15) is 39.0 Å². The molecule has 2 fully saturated rings. The lowest BCUT2D eigenvalue weighted by Crippen LogP contribution is -2.45. The van der Waals surface area contributed by atoms with Gasteiger partial charge in [-0.2, -0.15) is 0 Å². The smallest absolute Gasteiger partial charge is 0.157 e. The molecule has 5 heteroatoms. The molecule has 3 nitrogen and oxygen atoms in total. The summed E-state index contributed by atoms with van der Waals surface area (Å²) in [4.78, 5) is 4.57. The van der Waals surface area contributed by atoms with Crippen molar-refractivity contribution in [2.45, 2.75) is 49.8 Å². The standard InChI is InChI=1S/C12H22N2OS2/c1-10(17(2)15)8-13-11-14-12(9-16-11)6-4-3-5-7-12/h10H,3-9H2,1-2H3,(H,13,14). The molecule has 1 spiro atoms. The SMILES string of the molecule is CC(CN=C1NC2(CCCCC2)CS1)S(C)=O. The van der Waals surface area contributed by atoms with Crippen molar-refractivity contribution in [3.05, 3.63) is 0 Å². The second-order valence-electron chi connectivity index (χ2n) is 5.21. The molecule has 2 unspecified atom stereocenters. The van der Waals surface area contributed by atoms with Crippen molar-refractivity contribution >= 4 is 27.7 Å². The van der Waals surface area contributed by atoms with E-state index in [0.29, 0.717) is 12.1 Å². The van der Waals surface area contributed by atoms with E-state index in [1.807, 2.05) is 18.7 Å². The lowest BCUT2D eigenvalue weighted by molar-refractivity contribution is 0.303. The summed E-state index contributed by atoms with van der Waals surface area (Å²) in [5.74, 6) is 1.16. The molecular formula is C12H22N2OS2. The van der Waals surface area contributed by atoms with Crippen LogP contribution in [0, 0.1) is 0 Å². The molecule has 0 amide bonds. The third kappa shape index (κ3) is 3.47. The van der Waals surface area contributed by atoms with E-state index >= 15 is 0 Å². The summed E-state index contributed by atoms with van der Waals surface area (Å²) in [7, 11) is -0.768. The maximum Gasteiger partial charge on any atom is 0.157 e. The number of rotatable bonds is 3. The number of thioether (sulfide) groups is 1. The van der Waals surface area contributed by atoms with Crippen molar-refractivity contribution in [2.75, 3.05) is 18.6 Å². The molecule has 0 radical (unpaired) electrons. The Morgan fingerprint density at radius 2 is 2.18 bits per heavy atom. The fourth-order valence-electron chi connectivity index (χ4n) is 2.41. The van der Waals surface area contributed by atoms with Gasteiger partial charge in [0.1, 0.15) is 0 Å². The predicted octanol–water partition coefficient (Wildman–Crippen LogP) is 2.15. The summed E-state index contributed by atoms with van der Waals surface area (Å²) in [5.41, 5.74) is 0.330. The topological polar surface area (TPSA) is 41.5 Å². The minimum absolute atomic E-state index is 0.160.